The molecule has 0 aliphatic carbocycles. The Bertz CT molecular complexity index is 806. The second-order valence-corrected chi connectivity index (χ2v) is 5.14. The lowest BCUT2D eigenvalue weighted by Crippen LogP contribution is -1.92. The van der Waals surface area contributed by atoms with Crippen LogP contribution in [0.25, 0.3) is 22.4 Å². The highest BCUT2D eigenvalue weighted by Gasteiger charge is 2.17. The molecule has 0 saturated carbocycles. The highest BCUT2D eigenvalue weighted by Crippen LogP contribution is 2.36. The van der Waals surface area contributed by atoms with Gasteiger partial charge in [0, 0.05) is 11.1 Å². The number of nitrogens with two attached hydrogens (primary N) is 1. The zero-order chi connectivity index (χ0) is 15.0. The van der Waals surface area contributed by atoms with Crippen LogP contribution in [0.5, 0.6) is 0 Å². The second kappa shape index (κ2) is 5.05. The van der Waals surface area contributed by atoms with Crippen LogP contribution >= 0.6 is 0 Å². The van der Waals surface area contributed by atoms with Crippen molar-refractivity contribution < 1.29 is 4.39 Å². The summed E-state index contributed by atoms with van der Waals surface area (Å²) in [6.45, 7) is 4.10. The highest BCUT2D eigenvalue weighted by molar-refractivity contribution is 5.88. The van der Waals surface area contributed by atoms with Crippen LogP contribution in [0.4, 0.5) is 10.2 Å². The first kappa shape index (κ1) is 13.4. The Hall–Kier alpha value is -2.62. The van der Waals surface area contributed by atoms with Crippen LogP contribution in [0.2, 0.25) is 0 Å². The molecular weight excluding hydrogens is 265 g/mol. The number of halogens is 1. The molecule has 0 aliphatic rings. The van der Waals surface area contributed by atoms with Crippen molar-refractivity contribution in [2.24, 2.45) is 0 Å². The van der Waals surface area contributed by atoms with Crippen molar-refractivity contribution in [3.63, 3.8) is 0 Å². The molecule has 1 aromatic heterocycles. The van der Waals surface area contributed by atoms with E-state index in [0.717, 1.165) is 11.3 Å². The van der Waals surface area contributed by atoms with Gasteiger partial charge >= 0.3 is 0 Å². The molecule has 0 radical (unpaired) electrons. The number of hydrogen-bond donors (Lipinski definition) is 2. The Balaban J connectivity index is 2.22. The third-order valence-corrected chi connectivity index (χ3v) is 3.73. The molecule has 0 bridgehead atoms. The Morgan fingerprint density at radius 1 is 1.05 bits per heavy atom. The summed E-state index contributed by atoms with van der Waals surface area (Å²) < 4.78 is 14.1. The fourth-order valence-electron chi connectivity index (χ4n) is 2.40. The van der Waals surface area contributed by atoms with Gasteiger partial charge in [0.05, 0.1) is 11.3 Å². The average molecular weight is 281 g/mol. The van der Waals surface area contributed by atoms with Crippen LogP contribution in [0.3, 0.4) is 0 Å². The molecule has 0 saturated heterocycles. The topological polar surface area (TPSA) is 54.7 Å². The van der Waals surface area contributed by atoms with E-state index in [1.54, 1.807) is 18.2 Å². The minimum atomic E-state index is -0.310. The minimum Gasteiger partial charge on any atom is -0.382 e. The maximum absolute atomic E-state index is 14.1. The van der Waals surface area contributed by atoms with Gasteiger partial charge in [-0.05, 0) is 37.1 Å². The van der Waals surface area contributed by atoms with Gasteiger partial charge in [-0.25, -0.2) is 4.39 Å². The third kappa shape index (κ3) is 2.29. The number of nitrogens with zero attached hydrogens (tertiary/aromatic N) is 1. The quantitative estimate of drug-likeness (QED) is 0.743. The summed E-state index contributed by atoms with van der Waals surface area (Å²) in [5, 5.41) is 6.97. The monoisotopic (exact) mass is 281 g/mol. The maximum Gasteiger partial charge on any atom is 0.153 e. The van der Waals surface area contributed by atoms with E-state index in [1.807, 2.05) is 25.1 Å². The summed E-state index contributed by atoms with van der Waals surface area (Å²) in [6, 6.07) is 12.6. The molecule has 0 fully saturated rings. The van der Waals surface area contributed by atoms with Crippen molar-refractivity contribution >= 4 is 5.82 Å². The molecule has 3 aromatic rings. The molecule has 1 heterocycles. The van der Waals surface area contributed by atoms with Crippen molar-refractivity contribution in [3.8, 4) is 22.4 Å². The lowest BCUT2D eigenvalue weighted by molar-refractivity contribution is 0.631. The molecule has 0 unspecified atom stereocenters. The van der Waals surface area contributed by atoms with E-state index < -0.39 is 0 Å². The molecule has 106 valence electrons. The number of rotatable bonds is 2. The van der Waals surface area contributed by atoms with E-state index in [1.165, 1.54) is 17.2 Å². The fraction of sp³-hybridized carbons (Fsp3) is 0.118. The summed E-state index contributed by atoms with van der Waals surface area (Å²) in [7, 11) is 0. The number of anilines is 1. The Morgan fingerprint density at radius 2 is 1.81 bits per heavy atom. The Morgan fingerprint density at radius 3 is 2.52 bits per heavy atom. The Kier molecular flexibility index (Phi) is 3.22. The number of nitrogen functional groups attached to an aromatic ring is 1. The first-order chi connectivity index (χ1) is 10.1. The number of aromatic amines is 1. The molecule has 0 amide bonds. The van der Waals surface area contributed by atoms with E-state index in [0.29, 0.717) is 16.9 Å². The molecule has 4 heteroatoms. The molecule has 3 N–H and O–H groups in total. The number of benzene rings is 2. The van der Waals surface area contributed by atoms with Crippen LogP contribution in [0.1, 0.15) is 11.1 Å². The van der Waals surface area contributed by atoms with Gasteiger partial charge in [-0.3, -0.25) is 5.10 Å². The van der Waals surface area contributed by atoms with E-state index in [-0.39, 0.29) is 5.82 Å². The van der Waals surface area contributed by atoms with Crippen molar-refractivity contribution in [2.75, 3.05) is 5.73 Å². The van der Waals surface area contributed by atoms with Gasteiger partial charge in [-0.15, -0.1) is 0 Å². The first-order valence-corrected chi connectivity index (χ1v) is 6.74. The molecule has 3 nitrogen and oxygen atoms in total. The van der Waals surface area contributed by atoms with Gasteiger partial charge in [0.2, 0.25) is 0 Å². The van der Waals surface area contributed by atoms with E-state index in [4.69, 9.17) is 5.73 Å². The van der Waals surface area contributed by atoms with Crippen molar-refractivity contribution in [1.82, 2.24) is 10.2 Å². The number of H-pyrrole nitrogens is 1. The van der Waals surface area contributed by atoms with Crippen LogP contribution in [-0.4, -0.2) is 10.2 Å². The summed E-state index contributed by atoms with van der Waals surface area (Å²) in [6.07, 6.45) is 0. The molecular formula is C17H16FN3. The zero-order valence-corrected chi connectivity index (χ0v) is 11.9. The largest absolute Gasteiger partial charge is 0.382 e. The van der Waals surface area contributed by atoms with E-state index >= 15 is 0 Å². The van der Waals surface area contributed by atoms with Gasteiger partial charge in [0.1, 0.15) is 5.82 Å². The number of nitrogens with one attached hydrogen (secondary N) is 1. The van der Waals surface area contributed by atoms with E-state index in [2.05, 4.69) is 17.1 Å². The molecule has 21 heavy (non-hydrogen) atoms. The first-order valence-electron chi connectivity index (χ1n) is 6.74. The second-order valence-electron chi connectivity index (χ2n) is 5.14. The number of aryl methyl sites for hydroxylation is 2. The fourth-order valence-corrected chi connectivity index (χ4v) is 2.40. The van der Waals surface area contributed by atoms with Gasteiger partial charge in [-0.1, -0.05) is 30.3 Å². The minimum absolute atomic E-state index is 0.299. The van der Waals surface area contributed by atoms with E-state index in [9.17, 15) is 4.39 Å². The number of hydrogen-bond acceptors (Lipinski definition) is 2. The van der Waals surface area contributed by atoms with Crippen LogP contribution in [0, 0.1) is 19.7 Å². The molecule has 2 aromatic carbocycles. The van der Waals surface area contributed by atoms with Gasteiger partial charge in [-0.2, -0.15) is 5.10 Å². The molecule has 0 atom stereocenters. The number of aromatic nitrogens is 2. The summed E-state index contributed by atoms with van der Waals surface area (Å²) in [5.41, 5.74) is 11.1. The van der Waals surface area contributed by atoms with Gasteiger partial charge in [0.15, 0.2) is 5.82 Å². The molecule has 0 aliphatic heterocycles. The third-order valence-electron chi connectivity index (χ3n) is 3.73. The van der Waals surface area contributed by atoms with Gasteiger partial charge < -0.3 is 5.73 Å². The maximum atomic E-state index is 14.1. The highest BCUT2D eigenvalue weighted by atomic mass is 19.1. The summed E-state index contributed by atoms with van der Waals surface area (Å²) in [4.78, 5) is 0. The van der Waals surface area contributed by atoms with Crippen molar-refractivity contribution in [1.29, 1.82) is 0 Å². The Labute approximate surface area is 122 Å². The summed E-state index contributed by atoms with van der Waals surface area (Å²) in [5.74, 6) is -0.0102. The van der Waals surface area contributed by atoms with Crippen molar-refractivity contribution in [2.45, 2.75) is 13.8 Å². The van der Waals surface area contributed by atoms with Crippen LogP contribution < -0.4 is 5.73 Å². The lowest BCUT2D eigenvalue weighted by Gasteiger charge is -2.08. The smallest absolute Gasteiger partial charge is 0.153 e. The van der Waals surface area contributed by atoms with Crippen LogP contribution in [0.15, 0.2) is 42.5 Å². The predicted molar refractivity (Wildman–Crippen MR) is 83.3 cm³/mol. The van der Waals surface area contributed by atoms with Gasteiger partial charge in [0.25, 0.3) is 0 Å². The molecule has 0 spiro atoms. The standard InChI is InChI=1S/C17H16FN3/c1-10-7-8-12(9-11(10)2)16-15(17(19)21-20-16)13-5-3-4-6-14(13)18/h3-9H,1-2H3,(H3,19,20,21). The predicted octanol–water partition coefficient (Wildman–Crippen LogP) is 4.08. The normalized spacial score (nSPS) is 10.8. The summed E-state index contributed by atoms with van der Waals surface area (Å²) >= 11 is 0. The van der Waals surface area contributed by atoms with Crippen molar-refractivity contribution in [3.05, 3.63) is 59.4 Å². The SMILES string of the molecule is Cc1ccc(-c2[nH]nc(N)c2-c2ccccc2F)cc1C. The average Bonchev–Trinajstić information content (AvgIpc) is 2.84. The zero-order valence-electron chi connectivity index (χ0n) is 11.9. The lowest BCUT2D eigenvalue weighted by atomic mass is 9.98. The van der Waals surface area contributed by atoms with Crippen LogP contribution in [-0.2, 0) is 0 Å². The molecule has 3 rings (SSSR count).